The molecule has 0 aliphatic carbocycles. The normalized spacial score (nSPS) is 32.6. The van der Waals surface area contributed by atoms with Crippen molar-refractivity contribution in [1.29, 1.82) is 0 Å². The Morgan fingerprint density at radius 2 is 2.08 bits per heavy atom. The van der Waals surface area contributed by atoms with Crippen LogP contribution < -0.4 is 5.32 Å². The molecule has 0 radical (unpaired) electrons. The number of likely N-dealkylation sites (tertiary alicyclic amines) is 1. The molecule has 3 atom stereocenters. The van der Waals surface area contributed by atoms with Gasteiger partial charge in [-0.15, -0.1) is 0 Å². The van der Waals surface area contributed by atoms with E-state index in [9.17, 15) is 13.2 Å². The first kappa shape index (κ1) is 17.0. The monoisotopic (exact) mass is 369 g/mol. The van der Waals surface area contributed by atoms with E-state index in [1.165, 1.54) is 0 Å². The number of rotatable bonds is 3. The van der Waals surface area contributed by atoms with E-state index in [1.54, 1.807) is 13.0 Å². The van der Waals surface area contributed by atoms with Gasteiger partial charge in [0.2, 0.25) is 0 Å². The third-order valence-corrected chi connectivity index (χ3v) is 7.86. The first-order valence-electron chi connectivity index (χ1n) is 8.71. The summed E-state index contributed by atoms with van der Waals surface area (Å²) >= 11 is 0. The highest BCUT2D eigenvalue weighted by Gasteiger charge is 2.53. The highest BCUT2D eigenvalue weighted by molar-refractivity contribution is 7.92. The molecule has 3 fully saturated rings. The Morgan fingerprint density at radius 3 is 2.76 bits per heavy atom. The van der Waals surface area contributed by atoms with Gasteiger partial charge in [0.15, 0.2) is 15.5 Å². The van der Waals surface area contributed by atoms with Gasteiger partial charge in [-0.3, -0.25) is 9.69 Å². The van der Waals surface area contributed by atoms with E-state index in [-0.39, 0.29) is 34.6 Å². The van der Waals surface area contributed by atoms with Gasteiger partial charge in [0.25, 0.3) is 5.91 Å². The second kappa shape index (κ2) is 6.37. The predicted octanol–water partition coefficient (Wildman–Crippen LogP) is -0.0108. The van der Waals surface area contributed by atoms with Crippen LogP contribution in [0.15, 0.2) is 10.6 Å². The van der Waals surface area contributed by atoms with E-state index < -0.39 is 9.84 Å². The molecule has 9 heteroatoms. The number of fused-ring (bicyclic) bond motifs is 1. The van der Waals surface area contributed by atoms with Gasteiger partial charge >= 0.3 is 0 Å². The number of carbonyl (C=O) groups is 1. The first-order valence-corrected chi connectivity index (χ1v) is 10.4. The topological polar surface area (TPSA) is 102 Å². The predicted molar refractivity (Wildman–Crippen MR) is 89.0 cm³/mol. The van der Waals surface area contributed by atoms with Crippen molar-refractivity contribution in [2.75, 3.05) is 32.1 Å². The molecule has 25 heavy (non-hydrogen) atoms. The van der Waals surface area contributed by atoms with Gasteiger partial charge in [-0.25, -0.2) is 8.42 Å². The van der Waals surface area contributed by atoms with Gasteiger partial charge < -0.3 is 14.6 Å². The molecule has 0 saturated carbocycles. The quantitative estimate of drug-likeness (QED) is 0.799. The van der Waals surface area contributed by atoms with Crippen LogP contribution in [0.2, 0.25) is 0 Å². The van der Waals surface area contributed by atoms with Crippen molar-refractivity contribution in [1.82, 2.24) is 15.4 Å². The van der Waals surface area contributed by atoms with Gasteiger partial charge in [-0.05, 0) is 19.8 Å². The number of aryl methyl sites for hydroxylation is 1. The smallest absolute Gasteiger partial charge is 0.273 e. The zero-order valence-corrected chi connectivity index (χ0v) is 15.0. The standard InChI is InChI=1S/C16H23N3O5S/c1-10-6-13(18-24-10)16(20)17-14-9-25(21,22)15-8-19(7-12(14)15)11-2-4-23-5-3-11/h6,11-12,14-15H,2-5,7-9H2,1H3,(H,17,20)/t12-,14+,15-/m0/s1. The summed E-state index contributed by atoms with van der Waals surface area (Å²) in [7, 11) is -3.20. The summed E-state index contributed by atoms with van der Waals surface area (Å²) in [5, 5.41) is 6.19. The minimum atomic E-state index is -3.20. The summed E-state index contributed by atoms with van der Waals surface area (Å²) in [6.07, 6.45) is 1.88. The average Bonchev–Trinajstić information content (AvgIpc) is 3.26. The minimum absolute atomic E-state index is 0.00647. The Balaban J connectivity index is 1.47. The summed E-state index contributed by atoms with van der Waals surface area (Å²) < 4.78 is 35.5. The molecular formula is C16H23N3O5S. The molecule has 1 N–H and O–H groups in total. The second-order valence-electron chi connectivity index (χ2n) is 7.23. The van der Waals surface area contributed by atoms with Crippen LogP contribution in [0.5, 0.6) is 0 Å². The number of nitrogens with one attached hydrogen (secondary N) is 1. The van der Waals surface area contributed by atoms with Crippen molar-refractivity contribution in [3.05, 3.63) is 17.5 Å². The van der Waals surface area contributed by atoms with E-state index in [2.05, 4.69) is 15.4 Å². The lowest BCUT2D eigenvalue weighted by molar-refractivity contribution is 0.0406. The molecule has 3 aliphatic heterocycles. The van der Waals surface area contributed by atoms with Crippen LogP contribution in [0, 0.1) is 12.8 Å². The summed E-state index contributed by atoms with van der Waals surface area (Å²) in [5.41, 5.74) is 0.192. The van der Waals surface area contributed by atoms with E-state index >= 15 is 0 Å². The molecule has 1 aromatic rings. The number of carbonyl (C=O) groups excluding carboxylic acids is 1. The van der Waals surface area contributed by atoms with Crippen molar-refractivity contribution in [2.24, 2.45) is 5.92 Å². The molecule has 0 aromatic carbocycles. The molecule has 3 aliphatic rings. The highest BCUT2D eigenvalue weighted by Crippen LogP contribution is 2.36. The summed E-state index contributed by atoms with van der Waals surface area (Å²) in [6.45, 7) is 4.44. The van der Waals surface area contributed by atoms with Gasteiger partial charge in [0, 0.05) is 50.4 Å². The van der Waals surface area contributed by atoms with Crippen LogP contribution in [0.25, 0.3) is 0 Å². The fourth-order valence-corrected chi connectivity index (χ4v) is 6.61. The second-order valence-corrected chi connectivity index (χ2v) is 9.50. The van der Waals surface area contributed by atoms with Crippen LogP contribution in [-0.4, -0.2) is 73.8 Å². The summed E-state index contributed by atoms with van der Waals surface area (Å²) in [6, 6.07) is 1.56. The van der Waals surface area contributed by atoms with Crippen molar-refractivity contribution in [2.45, 2.75) is 37.1 Å². The lowest BCUT2D eigenvalue weighted by atomic mass is 10.00. The summed E-state index contributed by atoms with van der Waals surface area (Å²) in [5.74, 6) is 0.118. The van der Waals surface area contributed by atoms with Crippen LogP contribution in [0.4, 0.5) is 0 Å². The van der Waals surface area contributed by atoms with Crippen LogP contribution in [0.3, 0.4) is 0 Å². The fraction of sp³-hybridized carbons (Fsp3) is 0.750. The molecule has 8 nitrogen and oxygen atoms in total. The van der Waals surface area contributed by atoms with Gasteiger partial charge in [-0.2, -0.15) is 0 Å². The maximum atomic E-state index is 12.6. The lowest BCUT2D eigenvalue weighted by Crippen LogP contribution is -2.44. The molecule has 4 heterocycles. The van der Waals surface area contributed by atoms with Crippen LogP contribution in [0.1, 0.15) is 29.1 Å². The highest BCUT2D eigenvalue weighted by atomic mass is 32.2. The Labute approximate surface area is 146 Å². The largest absolute Gasteiger partial charge is 0.381 e. The fourth-order valence-electron chi connectivity index (χ4n) is 4.31. The van der Waals surface area contributed by atoms with Gasteiger partial charge in [-0.1, -0.05) is 5.16 Å². The Hall–Kier alpha value is -1.45. The van der Waals surface area contributed by atoms with Gasteiger partial charge in [0.1, 0.15) is 5.76 Å². The minimum Gasteiger partial charge on any atom is -0.381 e. The van der Waals surface area contributed by atoms with E-state index in [4.69, 9.17) is 9.26 Å². The number of amides is 1. The van der Waals surface area contributed by atoms with E-state index in [0.29, 0.717) is 24.9 Å². The molecule has 0 spiro atoms. The number of hydrogen-bond donors (Lipinski definition) is 1. The molecule has 1 amide bonds. The first-order chi connectivity index (χ1) is 11.9. The van der Waals surface area contributed by atoms with Crippen molar-refractivity contribution < 1.29 is 22.5 Å². The Kier molecular flexibility index (Phi) is 4.33. The maximum absolute atomic E-state index is 12.6. The molecule has 138 valence electrons. The molecular weight excluding hydrogens is 346 g/mol. The van der Waals surface area contributed by atoms with Crippen molar-refractivity contribution >= 4 is 15.7 Å². The number of sulfone groups is 1. The lowest BCUT2D eigenvalue weighted by Gasteiger charge is -2.32. The van der Waals surface area contributed by atoms with Crippen molar-refractivity contribution in [3.8, 4) is 0 Å². The number of nitrogens with zero attached hydrogens (tertiary/aromatic N) is 2. The molecule has 1 aromatic heterocycles. The van der Waals surface area contributed by atoms with Gasteiger partial charge in [0.05, 0.1) is 11.0 Å². The number of hydrogen-bond acceptors (Lipinski definition) is 7. The third kappa shape index (κ3) is 3.20. The number of ether oxygens (including phenoxy) is 1. The average molecular weight is 369 g/mol. The zero-order chi connectivity index (χ0) is 17.6. The zero-order valence-electron chi connectivity index (χ0n) is 14.2. The third-order valence-electron chi connectivity index (χ3n) is 5.61. The molecule has 4 rings (SSSR count). The SMILES string of the molecule is Cc1cc(C(=O)N[C@@H]2CS(=O)(=O)[C@H]3CN(C4CCOCC4)C[C@@H]23)no1. The maximum Gasteiger partial charge on any atom is 0.273 e. The Morgan fingerprint density at radius 1 is 1.32 bits per heavy atom. The Bertz CT molecular complexity index is 756. The molecule has 0 unspecified atom stereocenters. The number of aromatic nitrogens is 1. The summed E-state index contributed by atoms with van der Waals surface area (Å²) in [4.78, 5) is 14.6. The molecule has 0 bridgehead atoms. The van der Waals surface area contributed by atoms with Crippen LogP contribution >= 0.6 is 0 Å². The van der Waals surface area contributed by atoms with Crippen LogP contribution in [-0.2, 0) is 14.6 Å². The molecule has 3 saturated heterocycles. The van der Waals surface area contributed by atoms with E-state index in [1.807, 2.05) is 0 Å². The van der Waals surface area contributed by atoms with Crippen molar-refractivity contribution in [3.63, 3.8) is 0 Å². The van der Waals surface area contributed by atoms with E-state index in [0.717, 1.165) is 26.1 Å².